The van der Waals surface area contributed by atoms with Crippen molar-refractivity contribution in [3.8, 4) is 5.69 Å². The highest BCUT2D eigenvalue weighted by Crippen LogP contribution is 2.18. The zero-order valence-corrected chi connectivity index (χ0v) is 15.5. The molecule has 8 nitrogen and oxygen atoms in total. The van der Waals surface area contributed by atoms with Crippen LogP contribution in [-0.4, -0.2) is 36.7 Å². The molecule has 0 radical (unpaired) electrons. The van der Waals surface area contributed by atoms with Crippen molar-refractivity contribution in [2.45, 2.75) is 52.1 Å². The summed E-state index contributed by atoms with van der Waals surface area (Å²) >= 11 is 0. The minimum absolute atomic E-state index is 0.132. The summed E-state index contributed by atoms with van der Waals surface area (Å²) in [6.07, 6.45) is 5.73. The van der Waals surface area contributed by atoms with Crippen LogP contribution >= 0.6 is 0 Å². The topological polar surface area (TPSA) is 94.7 Å². The van der Waals surface area contributed by atoms with Gasteiger partial charge in [-0.25, -0.2) is 9.36 Å². The fourth-order valence-electron chi connectivity index (χ4n) is 3.49. The highest BCUT2D eigenvalue weighted by molar-refractivity contribution is 5.77. The molecule has 0 atom stereocenters. The highest BCUT2D eigenvalue weighted by atomic mass is 16.2. The number of benzene rings is 1. The maximum Gasteiger partial charge on any atom is 0.281 e. The number of rotatable bonds is 4. The molecule has 1 fully saturated rings. The Kier molecular flexibility index (Phi) is 4.47. The van der Waals surface area contributed by atoms with Gasteiger partial charge in [0.2, 0.25) is 5.91 Å². The maximum atomic E-state index is 12.7. The smallest absolute Gasteiger partial charge is 0.281 e. The molecule has 0 saturated heterocycles. The number of nitrogens with zero attached hydrogens (tertiary/aromatic N) is 5. The van der Waals surface area contributed by atoms with Crippen molar-refractivity contribution in [1.29, 1.82) is 0 Å². The quantitative estimate of drug-likeness (QED) is 0.758. The molecule has 1 aromatic carbocycles. The van der Waals surface area contributed by atoms with Gasteiger partial charge in [0.25, 0.3) is 5.56 Å². The maximum absolute atomic E-state index is 12.7. The first-order valence-corrected chi connectivity index (χ1v) is 9.21. The fraction of sp³-hybridized carbons (Fsp3) is 0.421. The third-order valence-electron chi connectivity index (χ3n) is 5.20. The van der Waals surface area contributed by atoms with E-state index >= 15 is 0 Å². The van der Waals surface area contributed by atoms with Crippen LogP contribution in [0.5, 0.6) is 0 Å². The number of hydrogen-bond acceptors (Lipinski definition) is 5. The van der Waals surface area contributed by atoms with Crippen LogP contribution in [0.1, 0.15) is 36.8 Å². The zero-order chi connectivity index (χ0) is 19.0. The molecule has 8 heteroatoms. The van der Waals surface area contributed by atoms with Gasteiger partial charge < -0.3 is 5.32 Å². The number of hydrogen-bond donors (Lipinski definition) is 1. The van der Waals surface area contributed by atoms with Gasteiger partial charge in [-0.1, -0.05) is 24.1 Å². The first-order valence-electron chi connectivity index (χ1n) is 9.21. The Morgan fingerprint density at radius 3 is 2.74 bits per heavy atom. The van der Waals surface area contributed by atoms with Crippen LogP contribution < -0.4 is 10.9 Å². The molecule has 0 unspecified atom stereocenters. The van der Waals surface area contributed by atoms with Gasteiger partial charge in [0, 0.05) is 6.04 Å². The van der Waals surface area contributed by atoms with Gasteiger partial charge in [0.05, 0.1) is 11.9 Å². The summed E-state index contributed by atoms with van der Waals surface area (Å²) in [7, 11) is 0. The van der Waals surface area contributed by atoms with E-state index in [0.29, 0.717) is 11.0 Å². The summed E-state index contributed by atoms with van der Waals surface area (Å²) in [6.45, 7) is 3.93. The van der Waals surface area contributed by atoms with Crippen molar-refractivity contribution in [3.63, 3.8) is 0 Å². The molecule has 0 bridgehead atoms. The Morgan fingerprint density at radius 2 is 2.00 bits per heavy atom. The van der Waals surface area contributed by atoms with Crippen molar-refractivity contribution in [3.05, 3.63) is 45.9 Å². The van der Waals surface area contributed by atoms with Crippen molar-refractivity contribution in [2.75, 3.05) is 0 Å². The van der Waals surface area contributed by atoms with Gasteiger partial charge in [0.15, 0.2) is 5.65 Å². The van der Waals surface area contributed by atoms with Gasteiger partial charge in [-0.2, -0.15) is 5.10 Å². The molecule has 1 N–H and O–H groups in total. The molecule has 4 rings (SSSR count). The molecule has 27 heavy (non-hydrogen) atoms. The third kappa shape index (κ3) is 3.34. The van der Waals surface area contributed by atoms with Crippen molar-refractivity contribution >= 4 is 16.9 Å². The van der Waals surface area contributed by atoms with E-state index in [0.717, 1.165) is 41.6 Å². The standard InChI is InChI=1S/C19H22N6O2/c1-12-7-8-15(9-13(12)2)25-18-16(10-20-25)19(27)24(23-22-18)11-17(26)21-14-5-3-4-6-14/h7-10,14H,3-6,11H2,1-2H3,(H,21,26). The lowest BCUT2D eigenvalue weighted by Gasteiger charge is -2.12. The second kappa shape index (κ2) is 6.94. The van der Waals surface area contributed by atoms with Gasteiger partial charge in [0.1, 0.15) is 11.9 Å². The average Bonchev–Trinajstić information content (AvgIpc) is 3.30. The number of aromatic nitrogens is 5. The molecular weight excluding hydrogens is 344 g/mol. The van der Waals surface area contributed by atoms with E-state index in [1.54, 1.807) is 4.68 Å². The third-order valence-corrected chi connectivity index (χ3v) is 5.20. The van der Waals surface area contributed by atoms with Crippen LogP contribution in [0.4, 0.5) is 0 Å². The largest absolute Gasteiger partial charge is 0.352 e. The molecule has 1 aliphatic rings. The Hall–Kier alpha value is -3.03. The molecule has 1 aliphatic carbocycles. The van der Waals surface area contributed by atoms with E-state index in [-0.39, 0.29) is 24.1 Å². The number of fused-ring (bicyclic) bond motifs is 1. The fourth-order valence-corrected chi connectivity index (χ4v) is 3.49. The number of aryl methyl sites for hydroxylation is 2. The monoisotopic (exact) mass is 366 g/mol. The first-order chi connectivity index (χ1) is 13.0. The summed E-state index contributed by atoms with van der Waals surface area (Å²) in [5.41, 5.74) is 3.14. The van der Waals surface area contributed by atoms with Crippen molar-refractivity contribution in [1.82, 2.24) is 30.1 Å². The van der Waals surface area contributed by atoms with E-state index < -0.39 is 0 Å². The van der Waals surface area contributed by atoms with Crippen LogP contribution in [0.25, 0.3) is 16.7 Å². The SMILES string of the molecule is Cc1ccc(-n2ncc3c(=O)n(CC(=O)NC4CCCC4)nnc32)cc1C. The number of carbonyl (C=O) groups is 1. The summed E-state index contributed by atoms with van der Waals surface area (Å²) in [4.78, 5) is 24.9. The van der Waals surface area contributed by atoms with Crippen LogP contribution in [0, 0.1) is 13.8 Å². The number of amides is 1. The lowest BCUT2D eigenvalue weighted by molar-refractivity contribution is -0.122. The average molecular weight is 366 g/mol. The van der Waals surface area contributed by atoms with E-state index in [1.165, 1.54) is 11.8 Å². The zero-order valence-electron chi connectivity index (χ0n) is 15.5. The van der Waals surface area contributed by atoms with Gasteiger partial charge in [-0.3, -0.25) is 9.59 Å². The van der Waals surface area contributed by atoms with E-state index in [4.69, 9.17) is 0 Å². The molecule has 0 aliphatic heterocycles. The summed E-state index contributed by atoms with van der Waals surface area (Å²) in [6, 6.07) is 6.12. The summed E-state index contributed by atoms with van der Waals surface area (Å²) in [5.74, 6) is -0.209. The number of nitrogens with one attached hydrogen (secondary N) is 1. The number of carbonyl (C=O) groups excluding carboxylic acids is 1. The lowest BCUT2D eigenvalue weighted by atomic mass is 10.1. The van der Waals surface area contributed by atoms with Crippen LogP contribution in [0.2, 0.25) is 0 Å². The van der Waals surface area contributed by atoms with Crippen molar-refractivity contribution in [2.24, 2.45) is 0 Å². The molecule has 2 heterocycles. The minimum Gasteiger partial charge on any atom is -0.352 e. The Bertz CT molecular complexity index is 1060. The second-order valence-electron chi connectivity index (χ2n) is 7.16. The molecule has 1 amide bonds. The highest BCUT2D eigenvalue weighted by Gasteiger charge is 2.19. The molecule has 1 saturated carbocycles. The summed E-state index contributed by atoms with van der Waals surface area (Å²) in [5, 5.41) is 15.7. The first kappa shape index (κ1) is 17.4. The van der Waals surface area contributed by atoms with Crippen molar-refractivity contribution < 1.29 is 4.79 Å². The molecular formula is C19H22N6O2. The van der Waals surface area contributed by atoms with Gasteiger partial charge in [-0.15, -0.1) is 5.10 Å². The Balaban J connectivity index is 1.62. The minimum atomic E-state index is -0.364. The Morgan fingerprint density at radius 1 is 1.22 bits per heavy atom. The van der Waals surface area contributed by atoms with E-state index in [9.17, 15) is 9.59 Å². The van der Waals surface area contributed by atoms with Crippen LogP contribution in [-0.2, 0) is 11.3 Å². The van der Waals surface area contributed by atoms with Crippen LogP contribution in [0.15, 0.2) is 29.2 Å². The van der Waals surface area contributed by atoms with E-state index in [1.807, 2.05) is 32.0 Å². The molecule has 140 valence electrons. The molecule has 3 aromatic rings. The lowest BCUT2D eigenvalue weighted by Crippen LogP contribution is -2.38. The molecule has 2 aromatic heterocycles. The van der Waals surface area contributed by atoms with Gasteiger partial charge >= 0.3 is 0 Å². The predicted octanol–water partition coefficient (Wildman–Crippen LogP) is 1.65. The second-order valence-corrected chi connectivity index (χ2v) is 7.16. The van der Waals surface area contributed by atoms with E-state index in [2.05, 4.69) is 20.7 Å². The predicted molar refractivity (Wildman–Crippen MR) is 101 cm³/mol. The Labute approximate surface area is 156 Å². The summed E-state index contributed by atoms with van der Waals surface area (Å²) < 4.78 is 2.69. The normalized spacial score (nSPS) is 14.7. The van der Waals surface area contributed by atoms with Crippen LogP contribution in [0.3, 0.4) is 0 Å². The van der Waals surface area contributed by atoms with Gasteiger partial charge in [-0.05, 0) is 49.9 Å². The molecule has 0 spiro atoms.